The Morgan fingerprint density at radius 3 is 2.62 bits per heavy atom. The summed E-state index contributed by atoms with van der Waals surface area (Å²) in [6.07, 6.45) is 7.99. The molecule has 1 fully saturated rings. The van der Waals surface area contributed by atoms with Crippen LogP contribution < -0.4 is 0 Å². The number of nitrogens with zero attached hydrogens (tertiary/aromatic N) is 2. The monoisotopic (exact) mass is 210 g/mol. The van der Waals surface area contributed by atoms with Gasteiger partial charge in [-0.25, -0.2) is 4.98 Å². The normalized spacial score (nSPS) is 15.9. The number of nitriles is 1. The largest absolute Gasteiger partial charge is 0.246 e. The molecule has 16 heavy (non-hydrogen) atoms. The third-order valence-corrected chi connectivity index (χ3v) is 2.90. The third kappa shape index (κ3) is 2.84. The van der Waals surface area contributed by atoms with Gasteiger partial charge in [0, 0.05) is 12.1 Å². The van der Waals surface area contributed by atoms with E-state index in [0.29, 0.717) is 11.5 Å². The van der Waals surface area contributed by atoms with Crippen LogP contribution in [0, 0.1) is 29.1 Å². The van der Waals surface area contributed by atoms with Crippen LogP contribution in [0.2, 0.25) is 0 Å². The topological polar surface area (TPSA) is 36.7 Å². The van der Waals surface area contributed by atoms with E-state index in [9.17, 15) is 0 Å². The van der Waals surface area contributed by atoms with E-state index >= 15 is 0 Å². The Morgan fingerprint density at radius 2 is 2.00 bits per heavy atom. The molecule has 0 bridgehead atoms. The van der Waals surface area contributed by atoms with Gasteiger partial charge in [0.05, 0.1) is 5.56 Å². The van der Waals surface area contributed by atoms with Crippen molar-refractivity contribution >= 4 is 0 Å². The molecule has 0 saturated heterocycles. The number of pyridine rings is 1. The highest BCUT2D eigenvalue weighted by Crippen LogP contribution is 2.22. The highest BCUT2D eigenvalue weighted by molar-refractivity contribution is 5.33. The second kappa shape index (κ2) is 5.33. The van der Waals surface area contributed by atoms with Crippen LogP contribution >= 0.6 is 0 Å². The lowest BCUT2D eigenvalue weighted by Gasteiger charge is -2.15. The predicted molar refractivity (Wildman–Crippen MR) is 62.4 cm³/mol. The first-order chi connectivity index (χ1) is 7.88. The van der Waals surface area contributed by atoms with Crippen LogP contribution in [0.15, 0.2) is 18.3 Å². The summed E-state index contributed by atoms with van der Waals surface area (Å²) in [5, 5.41) is 8.64. The summed E-state index contributed by atoms with van der Waals surface area (Å²) >= 11 is 0. The van der Waals surface area contributed by atoms with Gasteiger partial charge in [-0.3, -0.25) is 0 Å². The summed E-state index contributed by atoms with van der Waals surface area (Å²) in [5.41, 5.74) is 1.35. The average Bonchev–Trinajstić information content (AvgIpc) is 2.38. The highest BCUT2D eigenvalue weighted by atomic mass is 14.7. The van der Waals surface area contributed by atoms with Crippen molar-refractivity contribution in [2.75, 3.05) is 0 Å². The van der Waals surface area contributed by atoms with Crippen molar-refractivity contribution in [2.45, 2.75) is 32.1 Å². The van der Waals surface area contributed by atoms with Crippen LogP contribution in [-0.4, -0.2) is 4.98 Å². The maximum Gasteiger partial charge on any atom is 0.113 e. The van der Waals surface area contributed by atoms with Gasteiger partial charge in [0.15, 0.2) is 0 Å². The summed E-state index contributed by atoms with van der Waals surface area (Å²) in [7, 11) is 0. The summed E-state index contributed by atoms with van der Waals surface area (Å²) in [6, 6.07) is 5.62. The van der Waals surface area contributed by atoms with Gasteiger partial charge in [-0.15, -0.1) is 0 Å². The van der Waals surface area contributed by atoms with Gasteiger partial charge in [-0.2, -0.15) is 5.26 Å². The first-order valence-electron chi connectivity index (χ1n) is 5.76. The number of rotatable bonds is 0. The van der Waals surface area contributed by atoms with Gasteiger partial charge in [-0.1, -0.05) is 25.2 Å². The van der Waals surface area contributed by atoms with Crippen molar-refractivity contribution in [3.05, 3.63) is 29.6 Å². The molecular weight excluding hydrogens is 196 g/mol. The van der Waals surface area contributed by atoms with Crippen LogP contribution in [0.5, 0.6) is 0 Å². The second-order valence-electron chi connectivity index (χ2n) is 4.15. The maximum atomic E-state index is 8.64. The SMILES string of the molecule is N#Cc1ccc(C#CC2CCCCC2)nc1. The molecule has 0 spiro atoms. The molecule has 0 radical (unpaired) electrons. The first-order valence-corrected chi connectivity index (χ1v) is 5.76. The van der Waals surface area contributed by atoms with Crippen molar-refractivity contribution in [1.29, 1.82) is 5.26 Å². The van der Waals surface area contributed by atoms with Crippen molar-refractivity contribution in [1.82, 2.24) is 4.98 Å². The molecule has 0 N–H and O–H groups in total. The minimum atomic E-state index is 0.547. The molecule has 1 aliphatic rings. The number of hydrogen-bond acceptors (Lipinski definition) is 2. The highest BCUT2D eigenvalue weighted by Gasteiger charge is 2.09. The zero-order valence-electron chi connectivity index (χ0n) is 9.24. The van der Waals surface area contributed by atoms with Gasteiger partial charge in [0.25, 0.3) is 0 Å². The molecule has 0 unspecified atom stereocenters. The quantitative estimate of drug-likeness (QED) is 0.617. The van der Waals surface area contributed by atoms with Crippen molar-refractivity contribution in [3.8, 4) is 17.9 Å². The Labute approximate surface area is 96.3 Å². The smallest absolute Gasteiger partial charge is 0.113 e. The van der Waals surface area contributed by atoms with Crippen LogP contribution in [0.1, 0.15) is 43.4 Å². The van der Waals surface area contributed by atoms with Crippen molar-refractivity contribution in [2.24, 2.45) is 5.92 Å². The van der Waals surface area contributed by atoms with Crippen molar-refractivity contribution < 1.29 is 0 Å². The summed E-state index contributed by atoms with van der Waals surface area (Å²) < 4.78 is 0. The zero-order valence-corrected chi connectivity index (χ0v) is 9.24. The lowest BCUT2D eigenvalue weighted by Crippen LogP contribution is -2.03. The molecular formula is C14H14N2. The van der Waals surface area contributed by atoms with E-state index in [2.05, 4.69) is 16.8 Å². The van der Waals surface area contributed by atoms with Crippen LogP contribution in [0.4, 0.5) is 0 Å². The van der Waals surface area contributed by atoms with Crippen LogP contribution in [0.25, 0.3) is 0 Å². The molecule has 1 aliphatic carbocycles. The van der Waals surface area contributed by atoms with E-state index < -0.39 is 0 Å². The molecule has 0 amide bonds. The molecule has 2 nitrogen and oxygen atoms in total. The first kappa shape index (κ1) is 10.7. The van der Waals surface area contributed by atoms with Gasteiger partial charge in [0.2, 0.25) is 0 Å². The predicted octanol–water partition coefficient (Wildman–Crippen LogP) is 2.89. The zero-order chi connectivity index (χ0) is 11.2. The molecule has 0 aromatic carbocycles. The fourth-order valence-electron chi connectivity index (χ4n) is 1.96. The Hall–Kier alpha value is -1.80. The molecule has 1 heterocycles. The lowest BCUT2D eigenvalue weighted by atomic mass is 9.90. The van der Waals surface area contributed by atoms with Gasteiger partial charge < -0.3 is 0 Å². The van der Waals surface area contributed by atoms with E-state index in [-0.39, 0.29) is 0 Å². The van der Waals surface area contributed by atoms with E-state index in [0.717, 1.165) is 5.69 Å². The molecule has 1 saturated carbocycles. The second-order valence-corrected chi connectivity index (χ2v) is 4.15. The molecule has 80 valence electrons. The van der Waals surface area contributed by atoms with Crippen molar-refractivity contribution in [3.63, 3.8) is 0 Å². The maximum absolute atomic E-state index is 8.64. The summed E-state index contributed by atoms with van der Waals surface area (Å²) in [5.74, 6) is 6.92. The average molecular weight is 210 g/mol. The Balaban J connectivity index is 2.02. The summed E-state index contributed by atoms with van der Waals surface area (Å²) in [6.45, 7) is 0. The van der Waals surface area contributed by atoms with Crippen LogP contribution in [-0.2, 0) is 0 Å². The Kier molecular flexibility index (Phi) is 3.57. The lowest BCUT2D eigenvalue weighted by molar-refractivity contribution is 0.430. The molecule has 2 rings (SSSR count). The number of hydrogen-bond donors (Lipinski definition) is 0. The summed E-state index contributed by atoms with van der Waals surface area (Å²) in [4.78, 5) is 4.14. The Morgan fingerprint density at radius 1 is 1.19 bits per heavy atom. The molecule has 0 atom stereocenters. The number of aromatic nitrogens is 1. The molecule has 2 heteroatoms. The minimum absolute atomic E-state index is 0.547. The fourth-order valence-corrected chi connectivity index (χ4v) is 1.96. The molecule has 1 aromatic heterocycles. The van der Waals surface area contributed by atoms with E-state index in [1.165, 1.54) is 32.1 Å². The van der Waals surface area contributed by atoms with Crippen LogP contribution in [0.3, 0.4) is 0 Å². The molecule has 0 aliphatic heterocycles. The van der Waals surface area contributed by atoms with E-state index in [1.807, 2.05) is 12.1 Å². The van der Waals surface area contributed by atoms with Gasteiger partial charge >= 0.3 is 0 Å². The standard InChI is InChI=1S/C14H14N2/c15-10-13-7-9-14(16-11-13)8-6-12-4-2-1-3-5-12/h7,9,11-12H,1-5H2. The third-order valence-electron chi connectivity index (χ3n) is 2.90. The van der Waals surface area contributed by atoms with E-state index in [1.54, 1.807) is 12.3 Å². The fraction of sp³-hybridized carbons (Fsp3) is 0.429. The molecule has 1 aromatic rings. The van der Waals surface area contributed by atoms with Gasteiger partial charge in [0.1, 0.15) is 11.8 Å². The van der Waals surface area contributed by atoms with Gasteiger partial charge in [-0.05, 0) is 30.9 Å². The Bertz CT molecular complexity index is 436. The minimum Gasteiger partial charge on any atom is -0.246 e. The van der Waals surface area contributed by atoms with E-state index in [4.69, 9.17) is 5.26 Å².